The number of Topliss-reactive ketones (excluding diaryl/α,β-unsaturated/α-hetero) is 1. The first-order valence-corrected chi connectivity index (χ1v) is 14.4. The predicted octanol–water partition coefficient (Wildman–Crippen LogP) is 8.34. The van der Waals surface area contributed by atoms with E-state index in [0.29, 0.717) is 28.5 Å². The van der Waals surface area contributed by atoms with Gasteiger partial charge in [-0.05, 0) is 49.7 Å². The van der Waals surface area contributed by atoms with E-state index in [1.54, 1.807) is 35.7 Å². The van der Waals surface area contributed by atoms with Crippen LogP contribution in [0.1, 0.15) is 62.7 Å². The van der Waals surface area contributed by atoms with Gasteiger partial charge < -0.3 is 14.8 Å². The molecule has 1 aliphatic heterocycles. The molecule has 1 N–H and O–H groups in total. The zero-order valence-corrected chi connectivity index (χ0v) is 22.5. The number of carbonyl (C=O) groups is 1. The first kappa shape index (κ1) is 26.0. The molecular formula is C27H31ClN2O3S2. The lowest BCUT2D eigenvalue weighted by Crippen LogP contribution is -2.33. The lowest BCUT2D eigenvalue weighted by atomic mass is 10.00. The smallest absolute Gasteiger partial charge is 0.232 e. The van der Waals surface area contributed by atoms with Gasteiger partial charge in [0.15, 0.2) is 4.34 Å². The Morgan fingerprint density at radius 2 is 1.97 bits per heavy atom. The van der Waals surface area contributed by atoms with Crippen LogP contribution >= 0.6 is 34.7 Å². The number of unbranched alkanes of at least 4 members (excludes halogenated alkanes) is 5. The maximum Gasteiger partial charge on any atom is 0.232 e. The molecule has 0 fully saturated rings. The number of nitrogens with zero attached hydrogens (tertiary/aromatic N) is 1. The minimum absolute atomic E-state index is 0.160. The second-order valence-electron chi connectivity index (χ2n) is 8.40. The van der Waals surface area contributed by atoms with Gasteiger partial charge in [0.2, 0.25) is 12.1 Å². The average molecular weight is 531 g/mol. The molecule has 0 bridgehead atoms. The van der Waals surface area contributed by atoms with Crippen molar-refractivity contribution in [3.63, 3.8) is 0 Å². The van der Waals surface area contributed by atoms with Crippen molar-refractivity contribution in [2.75, 3.05) is 17.7 Å². The van der Waals surface area contributed by atoms with Crippen LogP contribution in [0.5, 0.6) is 5.75 Å². The number of carbonyl (C=O) groups excluding carboxylic acids is 1. The van der Waals surface area contributed by atoms with Crippen LogP contribution < -0.4 is 10.1 Å². The van der Waals surface area contributed by atoms with Gasteiger partial charge in [-0.1, -0.05) is 62.4 Å². The van der Waals surface area contributed by atoms with Crippen molar-refractivity contribution in [2.45, 2.75) is 63.0 Å². The van der Waals surface area contributed by atoms with Crippen molar-refractivity contribution in [2.24, 2.45) is 0 Å². The van der Waals surface area contributed by atoms with Gasteiger partial charge in [0.25, 0.3) is 0 Å². The van der Waals surface area contributed by atoms with Gasteiger partial charge in [0, 0.05) is 29.3 Å². The molecule has 8 heteroatoms. The second kappa shape index (κ2) is 12.8. The number of fused-ring (bicyclic) bond motifs is 2. The third kappa shape index (κ3) is 6.79. The third-order valence-corrected chi connectivity index (χ3v) is 8.22. The topological polar surface area (TPSA) is 60.5 Å². The molecule has 3 aromatic rings. The van der Waals surface area contributed by atoms with Crippen molar-refractivity contribution in [3.8, 4) is 5.75 Å². The molecule has 2 heterocycles. The lowest BCUT2D eigenvalue weighted by Gasteiger charge is -2.27. The predicted molar refractivity (Wildman–Crippen MR) is 147 cm³/mol. The van der Waals surface area contributed by atoms with Crippen LogP contribution in [0.3, 0.4) is 0 Å². The Balaban J connectivity index is 1.42. The van der Waals surface area contributed by atoms with Gasteiger partial charge in [-0.25, -0.2) is 4.98 Å². The van der Waals surface area contributed by atoms with Crippen LogP contribution in [0.2, 0.25) is 5.02 Å². The number of nitrogens with one attached hydrogen (secondary N) is 1. The van der Waals surface area contributed by atoms with Crippen molar-refractivity contribution in [3.05, 3.63) is 58.8 Å². The summed E-state index contributed by atoms with van der Waals surface area (Å²) in [5.41, 5.74) is 2.71. The molecule has 1 atom stereocenters. The van der Waals surface area contributed by atoms with Gasteiger partial charge in [0.05, 0.1) is 21.4 Å². The summed E-state index contributed by atoms with van der Waals surface area (Å²) >= 11 is 9.65. The van der Waals surface area contributed by atoms with Crippen LogP contribution in [0, 0.1) is 0 Å². The van der Waals surface area contributed by atoms with Crippen molar-refractivity contribution < 1.29 is 14.3 Å². The molecule has 186 valence electrons. The first-order chi connectivity index (χ1) is 17.1. The molecule has 0 aliphatic carbocycles. The van der Waals surface area contributed by atoms with E-state index in [4.69, 9.17) is 26.1 Å². The number of anilines is 1. The fourth-order valence-corrected chi connectivity index (χ4v) is 6.24. The van der Waals surface area contributed by atoms with Crippen LogP contribution in [-0.4, -0.2) is 29.4 Å². The minimum atomic E-state index is -0.772. The Morgan fingerprint density at radius 1 is 1.14 bits per heavy atom. The number of rotatable bonds is 12. The number of hydrogen-bond acceptors (Lipinski definition) is 7. The highest BCUT2D eigenvalue weighted by molar-refractivity contribution is 8.01. The summed E-state index contributed by atoms with van der Waals surface area (Å²) in [7, 11) is 0. The molecule has 5 nitrogen and oxygen atoms in total. The molecular weight excluding hydrogens is 500 g/mol. The van der Waals surface area contributed by atoms with E-state index >= 15 is 0 Å². The summed E-state index contributed by atoms with van der Waals surface area (Å²) in [6, 6.07) is 11.1. The zero-order chi connectivity index (χ0) is 24.6. The SMILES string of the molecule is CCCCCCCCSc1nc2ccc(N/C=C3/C(=O)c4cc(Cl)ccc4O[C@@H]3OCC)cc2s1. The Kier molecular flexibility index (Phi) is 9.49. The van der Waals surface area contributed by atoms with Crippen molar-refractivity contribution in [1.29, 1.82) is 0 Å². The summed E-state index contributed by atoms with van der Waals surface area (Å²) in [6.07, 6.45) is 8.72. The zero-order valence-electron chi connectivity index (χ0n) is 20.1. The number of thiazole rings is 1. The van der Waals surface area contributed by atoms with Gasteiger partial charge >= 0.3 is 0 Å². The molecule has 4 rings (SSSR count). The highest BCUT2D eigenvalue weighted by Gasteiger charge is 2.32. The Morgan fingerprint density at radius 3 is 2.80 bits per heavy atom. The number of hydrogen-bond donors (Lipinski definition) is 1. The van der Waals surface area contributed by atoms with Crippen LogP contribution in [0.4, 0.5) is 5.69 Å². The van der Waals surface area contributed by atoms with E-state index in [1.165, 1.54) is 38.5 Å². The monoisotopic (exact) mass is 530 g/mol. The summed E-state index contributed by atoms with van der Waals surface area (Å²) in [6.45, 7) is 4.54. The first-order valence-electron chi connectivity index (χ1n) is 12.2. The normalized spacial score (nSPS) is 16.5. The highest BCUT2D eigenvalue weighted by atomic mass is 35.5. The highest BCUT2D eigenvalue weighted by Crippen LogP contribution is 2.34. The van der Waals surface area contributed by atoms with Gasteiger partial charge in [-0.2, -0.15) is 0 Å². The maximum atomic E-state index is 13.2. The number of aromatic nitrogens is 1. The van der Waals surface area contributed by atoms with Crippen LogP contribution in [0.25, 0.3) is 10.2 Å². The average Bonchev–Trinajstić information content (AvgIpc) is 3.26. The van der Waals surface area contributed by atoms with E-state index in [9.17, 15) is 4.79 Å². The molecule has 0 saturated heterocycles. The molecule has 0 saturated carbocycles. The Bertz CT molecular complexity index is 1190. The number of ether oxygens (including phenoxy) is 2. The second-order valence-corrected chi connectivity index (χ2v) is 11.2. The van der Waals surface area contributed by atoms with Crippen molar-refractivity contribution >= 4 is 56.4 Å². The van der Waals surface area contributed by atoms with E-state index in [0.717, 1.165) is 26.0 Å². The van der Waals surface area contributed by atoms with E-state index in [1.807, 2.05) is 30.8 Å². The standard InChI is InChI=1S/C27H31ClN2O3S2/c1-3-5-6-7-8-9-14-34-27-30-22-12-11-19(16-24(22)35-27)29-17-21-25(31)20-15-18(28)10-13-23(20)33-26(21)32-4-2/h10-13,15-17,26,29H,3-9,14H2,1-2H3/b21-17-/t26-/m0/s1. The summed E-state index contributed by atoms with van der Waals surface area (Å²) in [5, 5.41) is 3.74. The number of halogens is 1. The summed E-state index contributed by atoms with van der Waals surface area (Å²) in [5.74, 6) is 1.43. The van der Waals surface area contributed by atoms with Gasteiger partial charge in [-0.3, -0.25) is 4.79 Å². The molecule has 0 radical (unpaired) electrons. The van der Waals surface area contributed by atoms with E-state index in [2.05, 4.69) is 18.3 Å². The van der Waals surface area contributed by atoms with Crippen LogP contribution in [0.15, 0.2) is 52.5 Å². The lowest BCUT2D eigenvalue weighted by molar-refractivity contribution is -0.0509. The molecule has 0 amide bonds. The van der Waals surface area contributed by atoms with Gasteiger partial charge in [-0.15, -0.1) is 11.3 Å². The molecule has 0 spiro atoms. The minimum Gasteiger partial charge on any atom is -0.460 e. The number of ketones is 1. The molecule has 1 aliphatic rings. The van der Waals surface area contributed by atoms with Crippen LogP contribution in [-0.2, 0) is 4.74 Å². The van der Waals surface area contributed by atoms with E-state index in [-0.39, 0.29) is 5.78 Å². The fourth-order valence-electron chi connectivity index (χ4n) is 3.89. The maximum absolute atomic E-state index is 13.2. The van der Waals surface area contributed by atoms with Gasteiger partial charge in [0.1, 0.15) is 5.75 Å². The third-order valence-electron chi connectivity index (χ3n) is 5.74. The molecule has 35 heavy (non-hydrogen) atoms. The number of thioether (sulfide) groups is 1. The fraction of sp³-hybridized carbons (Fsp3) is 0.407. The Labute approximate surface area is 220 Å². The molecule has 2 aromatic carbocycles. The molecule has 0 unspecified atom stereocenters. The van der Waals surface area contributed by atoms with Crippen molar-refractivity contribution in [1.82, 2.24) is 4.98 Å². The molecule has 1 aromatic heterocycles. The largest absolute Gasteiger partial charge is 0.460 e. The Hall–Kier alpha value is -2.06. The summed E-state index contributed by atoms with van der Waals surface area (Å²) < 4.78 is 13.8. The summed E-state index contributed by atoms with van der Waals surface area (Å²) in [4.78, 5) is 17.9. The quantitative estimate of drug-likeness (QED) is 0.144. The number of benzene rings is 2. The van der Waals surface area contributed by atoms with E-state index < -0.39 is 6.29 Å².